The number of nitrogens with zero attached hydrogens (tertiary/aromatic N) is 2. The van der Waals surface area contributed by atoms with Crippen LogP contribution >= 0.6 is 15.9 Å². The van der Waals surface area contributed by atoms with Gasteiger partial charge in [-0.25, -0.2) is 4.98 Å². The van der Waals surface area contributed by atoms with Gasteiger partial charge >= 0.3 is 5.97 Å². The molecule has 6 nitrogen and oxygen atoms in total. The van der Waals surface area contributed by atoms with Gasteiger partial charge in [0.15, 0.2) is 12.4 Å². The summed E-state index contributed by atoms with van der Waals surface area (Å²) in [7, 11) is 0. The molecule has 0 saturated heterocycles. The number of ether oxygens (including phenoxy) is 1. The molecule has 0 N–H and O–H groups in total. The van der Waals surface area contributed by atoms with Crippen LogP contribution in [0.3, 0.4) is 0 Å². The Morgan fingerprint density at radius 3 is 2.57 bits per heavy atom. The van der Waals surface area contributed by atoms with Crippen molar-refractivity contribution in [1.29, 1.82) is 0 Å². The van der Waals surface area contributed by atoms with Crippen molar-refractivity contribution >= 4 is 38.7 Å². The number of fused-ring (bicyclic) bond motifs is 1. The van der Waals surface area contributed by atoms with Crippen LogP contribution in [0.25, 0.3) is 11.0 Å². The smallest absolute Gasteiger partial charge is 0.306 e. The Bertz CT molecular complexity index is 1110. The largest absolute Gasteiger partial charge is 0.457 e. The van der Waals surface area contributed by atoms with Crippen LogP contribution in [0.2, 0.25) is 0 Å². The third-order valence-corrected chi connectivity index (χ3v) is 5.28. The van der Waals surface area contributed by atoms with Crippen molar-refractivity contribution in [3.05, 3.63) is 74.6 Å². The summed E-state index contributed by atoms with van der Waals surface area (Å²) in [5.74, 6) is -0.809. The number of ketones is 1. The van der Waals surface area contributed by atoms with Gasteiger partial charge in [0.25, 0.3) is 5.56 Å². The molecular weight excluding hydrogens is 448 g/mol. The zero-order chi connectivity index (χ0) is 21.5. The average molecular weight is 471 g/mol. The first kappa shape index (κ1) is 21.9. The average Bonchev–Trinajstić information content (AvgIpc) is 2.76. The van der Waals surface area contributed by atoms with Crippen molar-refractivity contribution in [3.63, 3.8) is 0 Å². The van der Waals surface area contributed by atoms with Crippen LogP contribution in [-0.4, -0.2) is 27.9 Å². The number of aromatic nitrogens is 2. The number of benzene rings is 2. The third kappa shape index (κ3) is 5.42. The number of unbranched alkanes of at least 4 members (excludes halogenated alkanes) is 1. The normalized spacial score (nSPS) is 10.9. The SMILES string of the molecule is CCCCn1c(=O)c(CCC(=O)OCC(=O)c2ccc(Br)cc2)nc2ccccc21. The van der Waals surface area contributed by atoms with Crippen LogP contribution in [0.5, 0.6) is 0 Å². The van der Waals surface area contributed by atoms with Crippen molar-refractivity contribution in [1.82, 2.24) is 9.55 Å². The van der Waals surface area contributed by atoms with Crippen LogP contribution in [0.15, 0.2) is 57.8 Å². The molecule has 30 heavy (non-hydrogen) atoms. The number of rotatable bonds is 9. The molecule has 3 aromatic rings. The highest BCUT2D eigenvalue weighted by molar-refractivity contribution is 9.10. The first-order valence-electron chi connectivity index (χ1n) is 9.92. The first-order chi connectivity index (χ1) is 14.5. The van der Waals surface area contributed by atoms with E-state index in [1.54, 1.807) is 28.8 Å². The molecule has 0 spiro atoms. The van der Waals surface area contributed by atoms with E-state index in [1.807, 2.05) is 24.3 Å². The third-order valence-electron chi connectivity index (χ3n) is 4.75. The summed E-state index contributed by atoms with van der Waals surface area (Å²) in [5, 5.41) is 0. The van der Waals surface area contributed by atoms with Crippen LogP contribution in [-0.2, 0) is 22.5 Å². The lowest BCUT2D eigenvalue weighted by Gasteiger charge is -2.12. The fourth-order valence-corrected chi connectivity index (χ4v) is 3.37. The van der Waals surface area contributed by atoms with E-state index in [4.69, 9.17) is 4.74 Å². The summed E-state index contributed by atoms with van der Waals surface area (Å²) in [6.45, 7) is 2.35. The minimum atomic E-state index is -0.532. The minimum Gasteiger partial charge on any atom is -0.457 e. The molecule has 0 aliphatic heterocycles. The molecular formula is C23H23BrN2O4. The van der Waals surface area contributed by atoms with Crippen molar-refractivity contribution in [3.8, 4) is 0 Å². The molecule has 0 aliphatic rings. The van der Waals surface area contributed by atoms with Crippen molar-refractivity contribution < 1.29 is 14.3 Å². The van der Waals surface area contributed by atoms with E-state index in [1.165, 1.54) is 0 Å². The number of para-hydroxylation sites is 2. The van der Waals surface area contributed by atoms with Gasteiger partial charge in [0.1, 0.15) is 5.69 Å². The topological polar surface area (TPSA) is 78.3 Å². The molecule has 0 unspecified atom stereocenters. The van der Waals surface area contributed by atoms with Gasteiger partial charge in [-0.2, -0.15) is 0 Å². The molecule has 0 radical (unpaired) electrons. The molecule has 0 fully saturated rings. The Morgan fingerprint density at radius 2 is 1.83 bits per heavy atom. The Morgan fingerprint density at radius 1 is 1.10 bits per heavy atom. The molecule has 0 atom stereocenters. The Labute approximate surface area is 183 Å². The molecule has 0 saturated carbocycles. The van der Waals surface area contributed by atoms with Gasteiger partial charge in [0.05, 0.1) is 17.5 Å². The molecule has 0 bridgehead atoms. The molecule has 7 heteroatoms. The van der Waals surface area contributed by atoms with Crippen LogP contribution < -0.4 is 5.56 Å². The quantitative estimate of drug-likeness (QED) is 0.343. The summed E-state index contributed by atoms with van der Waals surface area (Å²) < 4.78 is 7.69. The van der Waals surface area contributed by atoms with E-state index in [-0.39, 0.29) is 30.8 Å². The van der Waals surface area contributed by atoms with Crippen molar-refractivity contribution in [2.24, 2.45) is 0 Å². The lowest BCUT2D eigenvalue weighted by molar-refractivity contribution is -0.142. The van der Waals surface area contributed by atoms with Crippen molar-refractivity contribution in [2.45, 2.75) is 39.2 Å². The van der Waals surface area contributed by atoms with Gasteiger partial charge < -0.3 is 9.30 Å². The monoisotopic (exact) mass is 470 g/mol. The summed E-state index contributed by atoms with van der Waals surface area (Å²) >= 11 is 3.31. The highest BCUT2D eigenvalue weighted by atomic mass is 79.9. The van der Waals surface area contributed by atoms with Gasteiger partial charge in [-0.15, -0.1) is 0 Å². The molecule has 2 aromatic carbocycles. The standard InChI is InChI=1S/C23H23BrN2O4/c1-2-3-14-26-20-7-5-4-6-18(20)25-19(23(26)29)12-13-22(28)30-15-21(27)16-8-10-17(24)11-9-16/h4-11H,2-3,12-15H2,1H3. The number of hydrogen-bond donors (Lipinski definition) is 0. The Balaban J connectivity index is 1.65. The van der Waals surface area contributed by atoms with E-state index >= 15 is 0 Å². The molecule has 156 valence electrons. The number of esters is 1. The minimum absolute atomic E-state index is 0.0119. The second-order valence-corrected chi connectivity index (χ2v) is 7.86. The van der Waals surface area contributed by atoms with Gasteiger partial charge in [-0.3, -0.25) is 14.4 Å². The van der Waals surface area contributed by atoms with E-state index in [2.05, 4.69) is 27.8 Å². The van der Waals surface area contributed by atoms with Gasteiger partial charge in [-0.1, -0.05) is 53.5 Å². The Kier molecular flexibility index (Phi) is 7.52. The number of carbonyl (C=O) groups excluding carboxylic acids is 2. The number of carbonyl (C=O) groups is 2. The lowest BCUT2D eigenvalue weighted by Crippen LogP contribution is -2.26. The molecule has 1 aromatic heterocycles. The second-order valence-electron chi connectivity index (χ2n) is 6.95. The maximum atomic E-state index is 12.9. The van der Waals surface area contributed by atoms with Crippen LogP contribution in [0.4, 0.5) is 0 Å². The number of halogens is 1. The summed E-state index contributed by atoms with van der Waals surface area (Å²) in [5.41, 5.74) is 2.15. The summed E-state index contributed by atoms with van der Waals surface area (Å²) in [4.78, 5) is 41.6. The summed E-state index contributed by atoms with van der Waals surface area (Å²) in [6, 6.07) is 14.3. The van der Waals surface area contributed by atoms with Crippen LogP contribution in [0, 0.1) is 0 Å². The summed E-state index contributed by atoms with van der Waals surface area (Å²) in [6.07, 6.45) is 2.01. The number of aryl methyl sites for hydroxylation is 2. The predicted molar refractivity (Wildman–Crippen MR) is 119 cm³/mol. The zero-order valence-corrected chi connectivity index (χ0v) is 18.4. The fraction of sp³-hybridized carbons (Fsp3) is 0.304. The predicted octanol–water partition coefficient (Wildman–Crippen LogP) is 4.32. The maximum absolute atomic E-state index is 12.9. The molecule has 0 aliphatic carbocycles. The lowest BCUT2D eigenvalue weighted by atomic mass is 10.1. The van der Waals surface area contributed by atoms with Gasteiger partial charge in [0, 0.05) is 23.0 Å². The van der Waals surface area contributed by atoms with E-state index in [9.17, 15) is 14.4 Å². The van der Waals surface area contributed by atoms with Gasteiger partial charge in [0.2, 0.25) is 0 Å². The van der Waals surface area contributed by atoms with Gasteiger partial charge in [-0.05, 0) is 30.7 Å². The van der Waals surface area contributed by atoms with Crippen molar-refractivity contribution in [2.75, 3.05) is 6.61 Å². The Hall–Kier alpha value is -2.80. The molecule has 3 rings (SSSR count). The van der Waals surface area contributed by atoms with E-state index in [0.29, 0.717) is 17.8 Å². The molecule has 1 heterocycles. The second kappa shape index (κ2) is 10.3. The maximum Gasteiger partial charge on any atom is 0.306 e. The van der Waals surface area contributed by atoms with E-state index < -0.39 is 5.97 Å². The number of Topliss-reactive ketones (excluding diaryl/α,β-unsaturated/α-hetero) is 1. The van der Waals surface area contributed by atoms with Crippen LogP contribution in [0.1, 0.15) is 42.2 Å². The highest BCUT2D eigenvalue weighted by Gasteiger charge is 2.14. The fourth-order valence-electron chi connectivity index (χ4n) is 3.10. The van der Waals surface area contributed by atoms with E-state index in [0.717, 1.165) is 28.3 Å². The zero-order valence-electron chi connectivity index (χ0n) is 16.8. The molecule has 0 amide bonds. The first-order valence-corrected chi connectivity index (χ1v) is 10.7. The highest BCUT2D eigenvalue weighted by Crippen LogP contribution is 2.13. The number of hydrogen-bond acceptors (Lipinski definition) is 5.